The average molecular weight is 295 g/mol. The maximum absolute atomic E-state index is 13.5. The summed E-state index contributed by atoms with van der Waals surface area (Å²) in [5.74, 6) is 1.82. The van der Waals surface area contributed by atoms with E-state index in [9.17, 15) is 4.39 Å². The molecule has 20 heavy (non-hydrogen) atoms. The predicted octanol–water partition coefficient (Wildman–Crippen LogP) is 4.88. The number of aryl methyl sites for hydroxylation is 1. The summed E-state index contributed by atoms with van der Waals surface area (Å²) in [6.07, 6.45) is 7.89. The van der Waals surface area contributed by atoms with Crippen molar-refractivity contribution in [3.8, 4) is 0 Å². The van der Waals surface area contributed by atoms with Gasteiger partial charge in [0.05, 0.1) is 16.9 Å². The van der Waals surface area contributed by atoms with Crippen LogP contribution in [0.5, 0.6) is 0 Å². The molecule has 108 valence electrons. The maximum atomic E-state index is 13.5. The molecular formula is C16H20ClFN2. The molecule has 0 spiro atoms. The van der Waals surface area contributed by atoms with Crippen LogP contribution in [0.4, 0.5) is 4.39 Å². The van der Waals surface area contributed by atoms with E-state index in [0.29, 0.717) is 5.88 Å². The van der Waals surface area contributed by atoms with Gasteiger partial charge >= 0.3 is 0 Å². The van der Waals surface area contributed by atoms with E-state index in [1.807, 2.05) is 0 Å². The third-order valence-electron chi connectivity index (χ3n) is 4.39. The molecular weight excluding hydrogens is 275 g/mol. The van der Waals surface area contributed by atoms with E-state index in [1.54, 1.807) is 12.1 Å². The van der Waals surface area contributed by atoms with Gasteiger partial charge in [-0.2, -0.15) is 0 Å². The van der Waals surface area contributed by atoms with Gasteiger partial charge in [0.25, 0.3) is 0 Å². The normalized spacial score (nSPS) is 16.9. The summed E-state index contributed by atoms with van der Waals surface area (Å²) in [6, 6.07) is 4.76. The molecule has 1 heterocycles. The molecule has 2 nitrogen and oxygen atoms in total. The molecule has 0 bridgehead atoms. The Morgan fingerprint density at radius 3 is 2.80 bits per heavy atom. The second-order valence-electron chi connectivity index (χ2n) is 5.74. The number of imidazole rings is 1. The molecule has 3 rings (SSSR count). The van der Waals surface area contributed by atoms with Gasteiger partial charge in [-0.25, -0.2) is 9.37 Å². The Labute approximate surface area is 123 Å². The van der Waals surface area contributed by atoms with Crippen LogP contribution in [0.25, 0.3) is 11.0 Å². The van der Waals surface area contributed by atoms with Crippen LogP contribution in [0.1, 0.15) is 44.3 Å². The largest absolute Gasteiger partial charge is 0.327 e. The van der Waals surface area contributed by atoms with E-state index in [1.165, 1.54) is 38.2 Å². The first kappa shape index (κ1) is 13.9. The Kier molecular flexibility index (Phi) is 4.25. The molecule has 1 fully saturated rings. The lowest BCUT2D eigenvalue weighted by molar-refractivity contribution is 0.324. The molecule has 1 aliphatic carbocycles. The van der Waals surface area contributed by atoms with Crippen LogP contribution in [-0.4, -0.2) is 9.55 Å². The standard InChI is InChI=1S/C16H20ClFN2/c17-11-16-19-14-7-6-13(18)10-15(14)20(16)9-8-12-4-2-1-3-5-12/h6-7,10,12H,1-5,8-9,11H2. The summed E-state index contributed by atoms with van der Waals surface area (Å²) in [5, 5.41) is 0. The second-order valence-corrected chi connectivity index (χ2v) is 6.01. The lowest BCUT2D eigenvalue weighted by Crippen LogP contribution is -2.11. The number of hydrogen-bond acceptors (Lipinski definition) is 1. The molecule has 0 unspecified atom stereocenters. The van der Waals surface area contributed by atoms with Crippen molar-refractivity contribution in [2.45, 2.75) is 50.9 Å². The van der Waals surface area contributed by atoms with Crippen LogP contribution in [0.15, 0.2) is 18.2 Å². The highest BCUT2D eigenvalue weighted by Crippen LogP contribution is 2.28. The van der Waals surface area contributed by atoms with Crippen LogP contribution in [0.2, 0.25) is 0 Å². The Bertz CT molecular complexity index is 587. The lowest BCUT2D eigenvalue weighted by Gasteiger charge is -2.22. The topological polar surface area (TPSA) is 17.8 Å². The predicted molar refractivity (Wildman–Crippen MR) is 80.4 cm³/mol. The number of aromatic nitrogens is 2. The number of nitrogens with zero attached hydrogens (tertiary/aromatic N) is 2. The van der Waals surface area contributed by atoms with Gasteiger partial charge in [-0.05, 0) is 30.5 Å². The molecule has 0 amide bonds. The molecule has 1 saturated carbocycles. The van der Waals surface area contributed by atoms with Crippen molar-refractivity contribution in [2.75, 3.05) is 0 Å². The summed E-state index contributed by atoms with van der Waals surface area (Å²) < 4.78 is 15.5. The summed E-state index contributed by atoms with van der Waals surface area (Å²) in [5.41, 5.74) is 1.71. The smallest absolute Gasteiger partial charge is 0.125 e. The second kappa shape index (κ2) is 6.13. The minimum absolute atomic E-state index is 0.211. The number of fused-ring (bicyclic) bond motifs is 1. The SMILES string of the molecule is Fc1ccc2nc(CCl)n(CCC3CCCCC3)c2c1. The van der Waals surface area contributed by atoms with Gasteiger partial charge in [-0.1, -0.05) is 32.1 Å². The molecule has 0 atom stereocenters. The van der Waals surface area contributed by atoms with Crippen molar-refractivity contribution in [3.05, 3.63) is 29.8 Å². The molecule has 0 N–H and O–H groups in total. The molecule has 4 heteroatoms. The van der Waals surface area contributed by atoms with Gasteiger partial charge < -0.3 is 4.57 Å². The first-order chi connectivity index (χ1) is 9.78. The highest BCUT2D eigenvalue weighted by Gasteiger charge is 2.16. The zero-order chi connectivity index (χ0) is 13.9. The molecule has 0 radical (unpaired) electrons. The van der Waals surface area contributed by atoms with Crippen molar-refractivity contribution in [1.29, 1.82) is 0 Å². The fourth-order valence-electron chi connectivity index (χ4n) is 3.28. The summed E-state index contributed by atoms with van der Waals surface area (Å²) >= 11 is 5.99. The fourth-order valence-corrected chi connectivity index (χ4v) is 3.49. The fraction of sp³-hybridized carbons (Fsp3) is 0.562. The zero-order valence-electron chi connectivity index (χ0n) is 11.6. The maximum Gasteiger partial charge on any atom is 0.125 e. The van der Waals surface area contributed by atoms with Gasteiger partial charge in [0.2, 0.25) is 0 Å². The zero-order valence-corrected chi connectivity index (χ0v) is 12.4. The van der Waals surface area contributed by atoms with E-state index in [2.05, 4.69) is 9.55 Å². The average Bonchev–Trinajstić information content (AvgIpc) is 2.83. The van der Waals surface area contributed by atoms with E-state index in [-0.39, 0.29) is 5.82 Å². The van der Waals surface area contributed by atoms with Crippen LogP contribution in [0.3, 0.4) is 0 Å². The number of alkyl halides is 1. The number of rotatable bonds is 4. The van der Waals surface area contributed by atoms with E-state index < -0.39 is 0 Å². The first-order valence-corrected chi connectivity index (χ1v) is 8.02. The third kappa shape index (κ3) is 2.83. The monoisotopic (exact) mass is 294 g/mol. The van der Waals surface area contributed by atoms with E-state index in [0.717, 1.165) is 35.7 Å². The van der Waals surface area contributed by atoms with Crippen molar-refractivity contribution >= 4 is 22.6 Å². The van der Waals surface area contributed by atoms with E-state index >= 15 is 0 Å². The van der Waals surface area contributed by atoms with Gasteiger partial charge in [0.1, 0.15) is 11.6 Å². The van der Waals surface area contributed by atoms with Crippen molar-refractivity contribution in [2.24, 2.45) is 5.92 Å². The number of halogens is 2. The lowest BCUT2D eigenvalue weighted by atomic mass is 9.87. The minimum atomic E-state index is -0.211. The van der Waals surface area contributed by atoms with Gasteiger partial charge in [-0.3, -0.25) is 0 Å². The molecule has 0 aliphatic heterocycles. The molecule has 2 aromatic rings. The Balaban J connectivity index is 1.83. The van der Waals surface area contributed by atoms with E-state index in [4.69, 9.17) is 11.6 Å². The summed E-state index contributed by atoms with van der Waals surface area (Å²) in [6.45, 7) is 0.896. The molecule has 1 aliphatic rings. The third-order valence-corrected chi connectivity index (χ3v) is 4.63. The molecule has 0 saturated heterocycles. The van der Waals surface area contributed by atoms with Crippen LogP contribution in [0, 0.1) is 11.7 Å². The van der Waals surface area contributed by atoms with Crippen LogP contribution < -0.4 is 0 Å². The Hall–Kier alpha value is -1.09. The van der Waals surface area contributed by atoms with Gasteiger partial charge in [0.15, 0.2) is 0 Å². The van der Waals surface area contributed by atoms with Crippen molar-refractivity contribution in [3.63, 3.8) is 0 Å². The van der Waals surface area contributed by atoms with Crippen molar-refractivity contribution < 1.29 is 4.39 Å². The summed E-state index contributed by atoms with van der Waals surface area (Å²) in [4.78, 5) is 4.50. The summed E-state index contributed by atoms with van der Waals surface area (Å²) in [7, 11) is 0. The minimum Gasteiger partial charge on any atom is -0.327 e. The molecule has 1 aromatic carbocycles. The number of benzene rings is 1. The first-order valence-electron chi connectivity index (χ1n) is 7.48. The highest BCUT2D eigenvalue weighted by atomic mass is 35.5. The number of hydrogen-bond donors (Lipinski definition) is 0. The highest BCUT2D eigenvalue weighted by molar-refractivity contribution is 6.16. The quantitative estimate of drug-likeness (QED) is 0.735. The van der Waals surface area contributed by atoms with Gasteiger partial charge in [0, 0.05) is 6.54 Å². The van der Waals surface area contributed by atoms with Crippen LogP contribution in [-0.2, 0) is 12.4 Å². The van der Waals surface area contributed by atoms with Crippen LogP contribution >= 0.6 is 11.6 Å². The Morgan fingerprint density at radius 1 is 1.25 bits per heavy atom. The van der Waals surface area contributed by atoms with Gasteiger partial charge in [-0.15, -0.1) is 11.6 Å². The Morgan fingerprint density at radius 2 is 2.05 bits per heavy atom. The molecule has 1 aromatic heterocycles. The van der Waals surface area contributed by atoms with Crippen molar-refractivity contribution in [1.82, 2.24) is 9.55 Å².